The minimum absolute atomic E-state index is 0.0389. The van der Waals surface area contributed by atoms with Crippen molar-refractivity contribution in [3.8, 4) is 23.0 Å². The third kappa shape index (κ3) is 5.33. The van der Waals surface area contributed by atoms with Gasteiger partial charge in [0.1, 0.15) is 5.82 Å². The minimum atomic E-state index is -4.05. The SMILES string of the molecule is COc1ccc(CCNc2oc(-c3ccccc3F)nc2S(=O)(=O)c2ccc(Br)cc2)cc1OC. The minimum Gasteiger partial charge on any atom is -0.493 e. The van der Waals surface area contributed by atoms with Crippen LogP contribution in [0.5, 0.6) is 11.5 Å². The van der Waals surface area contributed by atoms with E-state index in [1.165, 1.54) is 30.3 Å². The zero-order chi connectivity index (χ0) is 25.0. The van der Waals surface area contributed by atoms with Crippen molar-refractivity contribution in [2.75, 3.05) is 26.1 Å². The lowest BCUT2D eigenvalue weighted by molar-refractivity contribution is 0.354. The molecule has 3 aromatic carbocycles. The van der Waals surface area contributed by atoms with Gasteiger partial charge in [0.2, 0.25) is 26.6 Å². The summed E-state index contributed by atoms with van der Waals surface area (Å²) in [4.78, 5) is 4.22. The van der Waals surface area contributed by atoms with Gasteiger partial charge in [-0.25, -0.2) is 12.8 Å². The lowest BCUT2D eigenvalue weighted by atomic mass is 10.1. The Kier molecular flexibility index (Phi) is 7.42. The van der Waals surface area contributed by atoms with E-state index in [1.807, 2.05) is 12.1 Å². The molecular weight excluding hydrogens is 539 g/mol. The average Bonchev–Trinajstić information content (AvgIpc) is 3.29. The third-order valence-electron chi connectivity index (χ3n) is 5.23. The van der Waals surface area contributed by atoms with E-state index in [-0.39, 0.29) is 27.3 Å². The summed E-state index contributed by atoms with van der Waals surface area (Å²) in [7, 11) is -0.936. The Labute approximate surface area is 211 Å². The summed E-state index contributed by atoms with van der Waals surface area (Å²) in [5, 5.41) is 2.70. The quantitative estimate of drug-likeness (QED) is 0.279. The molecule has 182 valence electrons. The van der Waals surface area contributed by atoms with Crippen LogP contribution < -0.4 is 14.8 Å². The molecule has 0 radical (unpaired) electrons. The molecule has 10 heteroatoms. The molecular formula is C25H22BrFN2O5S. The lowest BCUT2D eigenvalue weighted by Gasteiger charge is -2.10. The topological polar surface area (TPSA) is 90.7 Å². The molecule has 4 rings (SSSR count). The molecule has 0 fully saturated rings. The molecule has 0 saturated carbocycles. The number of methoxy groups -OCH3 is 2. The molecule has 0 unspecified atom stereocenters. The van der Waals surface area contributed by atoms with Gasteiger partial charge in [-0.15, -0.1) is 0 Å². The van der Waals surface area contributed by atoms with Crippen molar-refractivity contribution in [1.82, 2.24) is 4.98 Å². The largest absolute Gasteiger partial charge is 0.493 e. The fourth-order valence-electron chi connectivity index (χ4n) is 3.43. The molecule has 1 N–H and O–H groups in total. The Morgan fingerprint density at radius 2 is 1.71 bits per heavy atom. The van der Waals surface area contributed by atoms with Gasteiger partial charge in [-0.1, -0.05) is 34.1 Å². The van der Waals surface area contributed by atoms with Crippen molar-refractivity contribution >= 4 is 31.7 Å². The van der Waals surface area contributed by atoms with E-state index < -0.39 is 15.7 Å². The van der Waals surface area contributed by atoms with Crippen LogP contribution in [-0.4, -0.2) is 34.2 Å². The molecule has 0 aliphatic heterocycles. The molecule has 0 bridgehead atoms. The zero-order valence-electron chi connectivity index (χ0n) is 18.9. The first kappa shape index (κ1) is 24.7. The molecule has 4 aromatic rings. The van der Waals surface area contributed by atoms with Gasteiger partial charge >= 0.3 is 0 Å². The number of anilines is 1. The smallest absolute Gasteiger partial charge is 0.233 e. The number of oxazole rings is 1. The lowest BCUT2D eigenvalue weighted by Crippen LogP contribution is -2.10. The second kappa shape index (κ2) is 10.5. The Morgan fingerprint density at radius 1 is 1.00 bits per heavy atom. The fraction of sp³-hybridized carbons (Fsp3) is 0.160. The average molecular weight is 561 g/mol. The predicted molar refractivity (Wildman–Crippen MR) is 133 cm³/mol. The third-order valence-corrected chi connectivity index (χ3v) is 7.43. The summed E-state index contributed by atoms with van der Waals surface area (Å²) in [6.07, 6.45) is 0.522. The number of hydrogen-bond acceptors (Lipinski definition) is 7. The van der Waals surface area contributed by atoms with E-state index >= 15 is 0 Å². The van der Waals surface area contributed by atoms with Gasteiger partial charge < -0.3 is 19.2 Å². The molecule has 7 nitrogen and oxygen atoms in total. The van der Waals surface area contributed by atoms with Gasteiger partial charge in [0, 0.05) is 11.0 Å². The number of nitrogens with zero attached hydrogens (tertiary/aromatic N) is 1. The highest BCUT2D eigenvalue weighted by Gasteiger charge is 2.29. The van der Waals surface area contributed by atoms with E-state index in [4.69, 9.17) is 13.9 Å². The Hall–Kier alpha value is -3.37. The monoisotopic (exact) mass is 560 g/mol. The van der Waals surface area contributed by atoms with Crippen molar-refractivity contribution in [3.63, 3.8) is 0 Å². The van der Waals surface area contributed by atoms with Crippen molar-refractivity contribution in [1.29, 1.82) is 0 Å². The number of rotatable bonds is 9. The van der Waals surface area contributed by atoms with Crippen molar-refractivity contribution in [3.05, 3.63) is 82.6 Å². The highest BCUT2D eigenvalue weighted by molar-refractivity contribution is 9.10. The Balaban J connectivity index is 1.66. The van der Waals surface area contributed by atoms with Gasteiger partial charge in [-0.05, 0) is 60.5 Å². The predicted octanol–water partition coefficient (Wildman–Crippen LogP) is 5.75. The molecule has 1 heterocycles. The van der Waals surface area contributed by atoms with Crippen LogP contribution in [-0.2, 0) is 16.3 Å². The van der Waals surface area contributed by atoms with E-state index in [9.17, 15) is 12.8 Å². The van der Waals surface area contributed by atoms with E-state index in [0.29, 0.717) is 24.5 Å². The number of halogens is 2. The van der Waals surface area contributed by atoms with Crippen LogP contribution in [0.4, 0.5) is 10.3 Å². The molecule has 0 aliphatic rings. The standard InChI is InChI=1S/C25H22BrFN2O5S/c1-32-21-12-7-16(15-22(21)33-2)13-14-28-24-25(35(30,31)18-10-8-17(26)9-11-18)29-23(34-24)19-5-3-4-6-20(19)27/h3-12,15,28H,13-14H2,1-2H3. The summed E-state index contributed by atoms with van der Waals surface area (Å²) in [6, 6.07) is 17.6. The van der Waals surface area contributed by atoms with E-state index in [2.05, 4.69) is 26.2 Å². The second-order valence-electron chi connectivity index (χ2n) is 7.46. The molecule has 0 spiro atoms. The van der Waals surface area contributed by atoms with Gasteiger partial charge in [0.25, 0.3) is 0 Å². The number of sulfone groups is 1. The number of aromatic nitrogens is 1. The van der Waals surface area contributed by atoms with Crippen LogP contribution in [0, 0.1) is 5.82 Å². The van der Waals surface area contributed by atoms with E-state index in [1.54, 1.807) is 38.5 Å². The maximum absolute atomic E-state index is 14.4. The summed E-state index contributed by atoms with van der Waals surface area (Å²) >= 11 is 3.30. The first-order valence-electron chi connectivity index (χ1n) is 10.5. The maximum atomic E-state index is 14.4. The summed E-state index contributed by atoms with van der Waals surface area (Å²) in [6.45, 7) is 0.324. The summed E-state index contributed by atoms with van der Waals surface area (Å²) < 4.78 is 58.2. The van der Waals surface area contributed by atoms with Crippen LogP contribution in [0.1, 0.15) is 5.56 Å². The number of ether oxygens (including phenoxy) is 2. The van der Waals surface area contributed by atoms with Crippen molar-refractivity contribution in [2.45, 2.75) is 16.3 Å². The first-order chi connectivity index (χ1) is 16.8. The first-order valence-corrected chi connectivity index (χ1v) is 12.8. The maximum Gasteiger partial charge on any atom is 0.233 e. The van der Waals surface area contributed by atoms with Gasteiger partial charge in [0.15, 0.2) is 11.5 Å². The molecule has 0 aliphatic carbocycles. The summed E-state index contributed by atoms with van der Waals surface area (Å²) in [5.41, 5.74) is 0.994. The van der Waals surface area contributed by atoms with Crippen LogP contribution >= 0.6 is 15.9 Å². The van der Waals surface area contributed by atoms with Crippen LogP contribution in [0.3, 0.4) is 0 Å². The number of nitrogens with one attached hydrogen (secondary N) is 1. The van der Waals surface area contributed by atoms with Crippen molar-refractivity contribution in [2.24, 2.45) is 0 Å². The van der Waals surface area contributed by atoms with Gasteiger partial charge in [0.05, 0.1) is 24.7 Å². The molecule has 0 saturated heterocycles. The van der Waals surface area contributed by atoms with Crippen LogP contribution in [0.25, 0.3) is 11.5 Å². The highest BCUT2D eigenvalue weighted by atomic mass is 79.9. The zero-order valence-corrected chi connectivity index (χ0v) is 21.3. The normalized spacial score (nSPS) is 11.3. The highest BCUT2D eigenvalue weighted by Crippen LogP contribution is 2.34. The number of hydrogen-bond donors (Lipinski definition) is 1. The van der Waals surface area contributed by atoms with Crippen molar-refractivity contribution < 1.29 is 26.7 Å². The van der Waals surface area contributed by atoms with Crippen LogP contribution in [0.2, 0.25) is 0 Å². The van der Waals surface area contributed by atoms with Crippen LogP contribution in [0.15, 0.2) is 85.5 Å². The molecule has 0 amide bonds. The van der Waals surface area contributed by atoms with E-state index in [0.717, 1.165) is 10.0 Å². The molecule has 35 heavy (non-hydrogen) atoms. The summed E-state index contributed by atoms with van der Waals surface area (Å²) in [5.74, 6) is 0.430. The van der Waals surface area contributed by atoms with Gasteiger partial charge in [-0.3, -0.25) is 0 Å². The fourth-order valence-corrected chi connectivity index (χ4v) is 4.97. The second-order valence-corrected chi connectivity index (χ2v) is 10.2. The molecule has 1 aromatic heterocycles. The number of benzene rings is 3. The Bertz CT molecular complexity index is 1440. The molecule has 0 atom stereocenters. The Morgan fingerprint density at radius 3 is 2.40 bits per heavy atom. The van der Waals surface area contributed by atoms with Gasteiger partial charge in [-0.2, -0.15) is 4.98 Å².